The third-order valence-electron chi connectivity index (χ3n) is 4.29. The maximum atomic E-state index is 11.9. The predicted molar refractivity (Wildman–Crippen MR) is 107 cm³/mol. The molecule has 3 aromatic rings. The summed E-state index contributed by atoms with van der Waals surface area (Å²) in [6.07, 6.45) is 4.68. The number of benzene rings is 2. The van der Waals surface area contributed by atoms with E-state index in [9.17, 15) is 4.79 Å². The Morgan fingerprint density at radius 1 is 1.19 bits per heavy atom. The summed E-state index contributed by atoms with van der Waals surface area (Å²) >= 11 is 6.40. The van der Waals surface area contributed by atoms with E-state index in [1.807, 2.05) is 30.3 Å². The molecule has 0 atom stereocenters. The van der Waals surface area contributed by atoms with E-state index in [1.165, 1.54) is 0 Å². The molecule has 3 rings (SSSR count). The normalized spacial score (nSPS) is 10.8. The van der Waals surface area contributed by atoms with E-state index in [0.29, 0.717) is 23.0 Å². The molecule has 0 aliphatic carbocycles. The van der Waals surface area contributed by atoms with Crippen LogP contribution in [0.3, 0.4) is 0 Å². The zero-order valence-electron chi connectivity index (χ0n) is 14.8. The summed E-state index contributed by atoms with van der Waals surface area (Å²) in [5.41, 5.74) is 3.19. The van der Waals surface area contributed by atoms with Crippen molar-refractivity contribution in [3.05, 3.63) is 81.2 Å². The second-order valence-electron chi connectivity index (χ2n) is 6.21. The van der Waals surface area contributed by atoms with Crippen molar-refractivity contribution in [2.45, 2.75) is 32.8 Å². The van der Waals surface area contributed by atoms with Gasteiger partial charge in [-0.15, -0.1) is 0 Å². The number of hydrogen-bond donors (Lipinski definition) is 0. The molecule has 1 heterocycles. The van der Waals surface area contributed by atoms with Crippen LogP contribution in [0.5, 0.6) is 5.75 Å². The van der Waals surface area contributed by atoms with Gasteiger partial charge in [0.25, 0.3) is 0 Å². The SMILES string of the molecule is C=Cc1ccc(COc2cc3oc(=O)cc(CCCC)c3cc2Cl)cc1. The number of halogens is 1. The van der Waals surface area contributed by atoms with Gasteiger partial charge in [-0.1, -0.05) is 61.9 Å². The van der Waals surface area contributed by atoms with Crippen LogP contribution in [0.25, 0.3) is 17.0 Å². The van der Waals surface area contributed by atoms with Gasteiger partial charge in [0, 0.05) is 17.5 Å². The Bertz CT molecular complexity index is 971. The third kappa shape index (κ3) is 4.17. The molecule has 0 unspecified atom stereocenters. The standard InChI is InChI=1S/C22H21ClO3/c1-3-5-6-17-11-22(24)26-20-13-21(19(23)12-18(17)20)25-14-16-9-7-15(4-2)8-10-16/h4,7-13H,2-3,5-6,14H2,1H3. The van der Waals surface area contributed by atoms with E-state index >= 15 is 0 Å². The smallest absolute Gasteiger partial charge is 0.336 e. The number of ether oxygens (including phenoxy) is 1. The maximum absolute atomic E-state index is 11.9. The average Bonchev–Trinajstić information content (AvgIpc) is 2.65. The van der Waals surface area contributed by atoms with Crippen LogP contribution in [0.2, 0.25) is 5.02 Å². The van der Waals surface area contributed by atoms with Crippen molar-refractivity contribution in [2.75, 3.05) is 0 Å². The topological polar surface area (TPSA) is 39.4 Å². The van der Waals surface area contributed by atoms with Crippen LogP contribution in [0.1, 0.15) is 36.5 Å². The molecule has 1 aromatic heterocycles. The van der Waals surface area contributed by atoms with Crippen LogP contribution in [-0.2, 0) is 13.0 Å². The van der Waals surface area contributed by atoms with E-state index < -0.39 is 0 Å². The number of hydrogen-bond acceptors (Lipinski definition) is 3. The van der Waals surface area contributed by atoms with Gasteiger partial charge in [0.05, 0.1) is 5.02 Å². The summed E-state index contributed by atoms with van der Waals surface area (Å²) in [7, 11) is 0. The first-order chi connectivity index (χ1) is 12.6. The zero-order valence-corrected chi connectivity index (χ0v) is 15.5. The van der Waals surface area contributed by atoms with Crippen molar-refractivity contribution in [2.24, 2.45) is 0 Å². The molecule has 0 saturated carbocycles. The van der Waals surface area contributed by atoms with Crippen LogP contribution >= 0.6 is 11.6 Å². The van der Waals surface area contributed by atoms with E-state index in [2.05, 4.69) is 13.5 Å². The molecule has 26 heavy (non-hydrogen) atoms. The maximum Gasteiger partial charge on any atom is 0.336 e. The number of fused-ring (bicyclic) bond motifs is 1. The molecule has 134 valence electrons. The van der Waals surface area contributed by atoms with Crippen molar-refractivity contribution in [1.29, 1.82) is 0 Å². The zero-order chi connectivity index (χ0) is 18.5. The van der Waals surface area contributed by atoms with Crippen LogP contribution < -0.4 is 10.4 Å². The van der Waals surface area contributed by atoms with E-state index in [4.69, 9.17) is 20.8 Å². The number of aryl methyl sites for hydroxylation is 1. The molecule has 4 heteroatoms. The lowest BCUT2D eigenvalue weighted by molar-refractivity contribution is 0.306. The van der Waals surface area contributed by atoms with Crippen LogP contribution in [0.15, 0.2) is 58.3 Å². The lowest BCUT2D eigenvalue weighted by Crippen LogP contribution is -2.02. The minimum absolute atomic E-state index is 0.350. The Labute approximate surface area is 157 Å². The van der Waals surface area contributed by atoms with Crippen molar-refractivity contribution in [1.82, 2.24) is 0 Å². The van der Waals surface area contributed by atoms with Crippen molar-refractivity contribution >= 4 is 28.6 Å². The molecule has 0 aliphatic rings. The summed E-state index contributed by atoms with van der Waals surface area (Å²) in [6.45, 7) is 6.24. The highest BCUT2D eigenvalue weighted by Gasteiger charge is 2.11. The minimum atomic E-state index is -0.350. The lowest BCUT2D eigenvalue weighted by Gasteiger charge is -2.11. The molecule has 0 bridgehead atoms. The third-order valence-corrected chi connectivity index (χ3v) is 4.59. The van der Waals surface area contributed by atoms with Gasteiger partial charge < -0.3 is 9.15 Å². The first kappa shape index (κ1) is 18.3. The molecule has 2 aromatic carbocycles. The monoisotopic (exact) mass is 368 g/mol. The molecule has 0 spiro atoms. The second kappa shape index (κ2) is 8.24. The van der Waals surface area contributed by atoms with E-state index in [-0.39, 0.29) is 5.63 Å². The molecule has 0 saturated heterocycles. The molecular formula is C22H21ClO3. The van der Waals surface area contributed by atoms with E-state index in [1.54, 1.807) is 18.2 Å². The Hall–Kier alpha value is -2.52. The summed E-state index contributed by atoms with van der Waals surface area (Å²) in [5, 5.41) is 1.37. The molecule has 0 radical (unpaired) electrons. The summed E-state index contributed by atoms with van der Waals surface area (Å²) in [6, 6.07) is 13.0. The fourth-order valence-corrected chi connectivity index (χ4v) is 3.04. The van der Waals surface area contributed by atoms with Gasteiger partial charge in [0.1, 0.15) is 17.9 Å². The van der Waals surface area contributed by atoms with Gasteiger partial charge >= 0.3 is 5.63 Å². The van der Waals surface area contributed by atoms with Gasteiger partial charge in [0.15, 0.2) is 0 Å². The van der Waals surface area contributed by atoms with Gasteiger partial charge in [-0.3, -0.25) is 0 Å². The molecule has 0 N–H and O–H groups in total. The highest BCUT2D eigenvalue weighted by Crippen LogP contribution is 2.32. The van der Waals surface area contributed by atoms with Gasteiger partial charge in [-0.05, 0) is 35.6 Å². The molecule has 0 amide bonds. The quantitative estimate of drug-likeness (QED) is 0.479. The van der Waals surface area contributed by atoms with Crippen LogP contribution in [0, 0.1) is 0 Å². The molecule has 0 aliphatic heterocycles. The highest BCUT2D eigenvalue weighted by atomic mass is 35.5. The minimum Gasteiger partial charge on any atom is -0.487 e. The number of rotatable bonds is 7. The first-order valence-electron chi connectivity index (χ1n) is 8.71. The summed E-state index contributed by atoms with van der Waals surface area (Å²) in [4.78, 5) is 11.9. The molecular weight excluding hydrogens is 348 g/mol. The fraction of sp³-hybridized carbons (Fsp3) is 0.227. The largest absolute Gasteiger partial charge is 0.487 e. The van der Waals surface area contributed by atoms with Gasteiger partial charge in [-0.2, -0.15) is 0 Å². The van der Waals surface area contributed by atoms with Crippen LogP contribution in [-0.4, -0.2) is 0 Å². The molecule has 0 fully saturated rings. The predicted octanol–water partition coefficient (Wildman–Crippen LogP) is 6.01. The summed E-state index contributed by atoms with van der Waals surface area (Å²) in [5.74, 6) is 0.503. The Balaban J connectivity index is 1.87. The Kier molecular flexibility index (Phi) is 5.79. The Morgan fingerprint density at radius 3 is 2.65 bits per heavy atom. The number of unbranched alkanes of at least 4 members (excludes halogenated alkanes) is 1. The second-order valence-corrected chi connectivity index (χ2v) is 6.61. The van der Waals surface area contributed by atoms with Gasteiger partial charge in [-0.25, -0.2) is 4.79 Å². The average molecular weight is 369 g/mol. The fourth-order valence-electron chi connectivity index (χ4n) is 2.82. The first-order valence-corrected chi connectivity index (χ1v) is 9.09. The highest BCUT2D eigenvalue weighted by molar-refractivity contribution is 6.32. The van der Waals surface area contributed by atoms with Crippen molar-refractivity contribution in [3.8, 4) is 5.75 Å². The van der Waals surface area contributed by atoms with Crippen molar-refractivity contribution < 1.29 is 9.15 Å². The van der Waals surface area contributed by atoms with Crippen LogP contribution in [0.4, 0.5) is 0 Å². The van der Waals surface area contributed by atoms with Gasteiger partial charge in [0.2, 0.25) is 0 Å². The molecule has 3 nitrogen and oxygen atoms in total. The van der Waals surface area contributed by atoms with E-state index in [0.717, 1.165) is 41.3 Å². The van der Waals surface area contributed by atoms with Crippen molar-refractivity contribution in [3.63, 3.8) is 0 Å². The Morgan fingerprint density at radius 2 is 1.96 bits per heavy atom. The lowest BCUT2D eigenvalue weighted by atomic mass is 10.0. The summed E-state index contributed by atoms with van der Waals surface area (Å²) < 4.78 is 11.2.